The van der Waals surface area contributed by atoms with Gasteiger partial charge in [-0.05, 0) is 41.1 Å². The van der Waals surface area contributed by atoms with Gasteiger partial charge in [-0.3, -0.25) is 14.4 Å². The maximum atomic E-state index is 12.4. The molecule has 0 aliphatic carbocycles. The molecule has 1 amide bonds. The van der Waals surface area contributed by atoms with Gasteiger partial charge in [-0.25, -0.2) is 0 Å². The largest absolute Gasteiger partial charge is 0.464 e. The van der Waals surface area contributed by atoms with E-state index in [-0.39, 0.29) is 24.7 Å². The normalized spacial score (nSPS) is 10.9. The molecule has 3 aromatic carbocycles. The van der Waals surface area contributed by atoms with Crippen molar-refractivity contribution in [3.05, 3.63) is 78.1 Å². The number of anilines is 1. The highest BCUT2D eigenvalue weighted by Gasteiger charge is 2.16. The summed E-state index contributed by atoms with van der Waals surface area (Å²) >= 11 is 0. The van der Waals surface area contributed by atoms with Gasteiger partial charge in [0.2, 0.25) is 5.91 Å². The average Bonchev–Trinajstić information content (AvgIpc) is 3.21. The van der Waals surface area contributed by atoms with Crippen LogP contribution in [0.1, 0.15) is 29.3 Å². The van der Waals surface area contributed by atoms with Crippen LogP contribution in [0.5, 0.6) is 0 Å². The minimum atomic E-state index is -0.504. The van der Waals surface area contributed by atoms with Crippen molar-refractivity contribution in [1.82, 2.24) is 0 Å². The number of carbonyl (C=O) groups is 3. The van der Waals surface area contributed by atoms with Gasteiger partial charge in [-0.15, -0.1) is 0 Å². The van der Waals surface area contributed by atoms with Crippen molar-refractivity contribution in [1.29, 1.82) is 0 Å². The fraction of sp³-hybridized carbons (Fsp3) is 0.160. The van der Waals surface area contributed by atoms with Gasteiger partial charge >= 0.3 is 5.97 Å². The van der Waals surface area contributed by atoms with Crippen LogP contribution in [-0.2, 0) is 20.7 Å². The molecular formula is C25H21NO5. The number of nitrogens with one attached hydrogen (secondary N) is 1. The van der Waals surface area contributed by atoms with Crippen LogP contribution in [0.3, 0.4) is 0 Å². The Bertz CT molecular complexity index is 1270. The Hall–Kier alpha value is -3.93. The van der Waals surface area contributed by atoms with E-state index in [1.54, 1.807) is 37.5 Å². The molecule has 156 valence electrons. The summed E-state index contributed by atoms with van der Waals surface area (Å²) in [6.45, 7) is 1.41. The molecule has 0 bridgehead atoms. The number of hydrogen-bond donors (Lipinski definition) is 1. The van der Waals surface area contributed by atoms with Crippen LogP contribution in [0, 0.1) is 0 Å². The van der Waals surface area contributed by atoms with Gasteiger partial charge in [0.05, 0.1) is 12.7 Å². The molecule has 0 aliphatic rings. The number of rotatable bonds is 7. The van der Waals surface area contributed by atoms with Crippen LogP contribution in [-0.4, -0.2) is 24.3 Å². The van der Waals surface area contributed by atoms with Gasteiger partial charge in [0.15, 0.2) is 12.4 Å². The average molecular weight is 415 g/mol. The molecule has 1 N–H and O–H groups in total. The number of furan rings is 1. The third kappa shape index (κ3) is 4.48. The number of ketones is 1. The summed E-state index contributed by atoms with van der Waals surface area (Å²) < 4.78 is 10.8. The molecule has 4 aromatic rings. The minimum absolute atomic E-state index is 0.0102. The van der Waals surface area contributed by atoms with E-state index in [4.69, 9.17) is 9.15 Å². The zero-order valence-electron chi connectivity index (χ0n) is 17.0. The minimum Gasteiger partial charge on any atom is -0.464 e. The highest BCUT2D eigenvalue weighted by molar-refractivity contribution is 6.08. The van der Waals surface area contributed by atoms with E-state index in [0.29, 0.717) is 23.3 Å². The summed E-state index contributed by atoms with van der Waals surface area (Å²) in [6.07, 6.45) is 1.94. The SMILES string of the molecule is CCC(=O)Nc1ccc(C(=O)COC(=O)Cc2coc3ccc4ccccc4c23)cc1. The van der Waals surface area contributed by atoms with Crippen LogP contribution in [0.4, 0.5) is 5.69 Å². The molecule has 6 heteroatoms. The summed E-state index contributed by atoms with van der Waals surface area (Å²) in [5.74, 6) is -0.924. The second-order valence-electron chi connectivity index (χ2n) is 7.16. The molecule has 1 heterocycles. The van der Waals surface area contributed by atoms with Crippen molar-refractivity contribution in [2.45, 2.75) is 19.8 Å². The lowest BCUT2D eigenvalue weighted by Gasteiger charge is -2.06. The summed E-state index contributed by atoms with van der Waals surface area (Å²) in [5.41, 5.74) is 2.44. The fourth-order valence-corrected chi connectivity index (χ4v) is 3.43. The lowest BCUT2D eigenvalue weighted by Crippen LogP contribution is -2.16. The summed E-state index contributed by atoms with van der Waals surface area (Å²) in [6, 6.07) is 18.2. The van der Waals surface area contributed by atoms with Crippen LogP contribution in [0.2, 0.25) is 0 Å². The first-order chi connectivity index (χ1) is 15.0. The predicted molar refractivity (Wildman–Crippen MR) is 118 cm³/mol. The molecule has 0 spiro atoms. The lowest BCUT2D eigenvalue weighted by atomic mass is 10.0. The maximum Gasteiger partial charge on any atom is 0.310 e. The number of esters is 1. The van der Waals surface area contributed by atoms with Gasteiger partial charge in [0.25, 0.3) is 0 Å². The molecule has 0 unspecified atom stereocenters. The monoisotopic (exact) mass is 415 g/mol. The number of hydrogen-bond acceptors (Lipinski definition) is 5. The molecular weight excluding hydrogens is 394 g/mol. The van der Waals surface area contributed by atoms with E-state index in [1.165, 1.54) is 0 Å². The molecule has 4 rings (SSSR count). The second kappa shape index (κ2) is 8.83. The Balaban J connectivity index is 1.40. The molecule has 31 heavy (non-hydrogen) atoms. The first-order valence-electron chi connectivity index (χ1n) is 10.0. The van der Waals surface area contributed by atoms with E-state index < -0.39 is 5.97 Å². The number of amides is 1. The van der Waals surface area contributed by atoms with Crippen molar-refractivity contribution in [2.24, 2.45) is 0 Å². The second-order valence-corrected chi connectivity index (χ2v) is 7.16. The zero-order chi connectivity index (χ0) is 21.8. The first-order valence-corrected chi connectivity index (χ1v) is 10.0. The Morgan fingerprint density at radius 3 is 2.52 bits per heavy atom. The van der Waals surface area contributed by atoms with Crippen molar-refractivity contribution in [2.75, 3.05) is 11.9 Å². The molecule has 0 saturated carbocycles. The van der Waals surface area contributed by atoms with Crippen molar-refractivity contribution < 1.29 is 23.5 Å². The van der Waals surface area contributed by atoms with Crippen molar-refractivity contribution in [3.63, 3.8) is 0 Å². The van der Waals surface area contributed by atoms with Crippen LogP contribution >= 0.6 is 0 Å². The lowest BCUT2D eigenvalue weighted by molar-refractivity contribution is -0.141. The van der Waals surface area contributed by atoms with E-state index in [2.05, 4.69) is 5.32 Å². The van der Waals surface area contributed by atoms with Gasteiger partial charge in [-0.1, -0.05) is 37.3 Å². The van der Waals surface area contributed by atoms with Gasteiger partial charge in [0, 0.05) is 28.6 Å². The Morgan fingerprint density at radius 2 is 1.74 bits per heavy atom. The van der Waals surface area contributed by atoms with Crippen LogP contribution < -0.4 is 5.32 Å². The number of ether oxygens (including phenoxy) is 1. The Labute approximate surface area is 178 Å². The van der Waals surface area contributed by atoms with Crippen LogP contribution in [0.15, 0.2) is 71.3 Å². The molecule has 0 saturated heterocycles. The Morgan fingerprint density at radius 1 is 0.968 bits per heavy atom. The van der Waals surface area contributed by atoms with E-state index in [1.807, 2.05) is 36.4 Å². The third-order valence-electron chi connectivity index (χ3n) is 5.05. The van der Waals surface area contributed by atoms with Gasteiger partial charge in [0.1, 0.15) is 5.58 Å². The predicted octanol–water partition coefficient (Wildman–Crippen LogP) is 4.90. The van der Waals surface area contributed by atoms with Gasteiger partial charge < -0.3 is 14.5 Å². The van der Waals surface area contributed by atoms with E-state index in [9.17, 15) is 14.4 Å². The number of fused-ring (bicyclic) bond motifs is 3. The quantitative estimate of drug-likeness (QED) is 0.343. The fourth-order valence-electron chi connectivity index (χ4n) is 3.43. The molecule has 0 fully saturated rings. The molecule has 0 radical (unpaired) electrons. The number of carbonyl (C=O) groups excluding carboxylic acids is 3. The zero-order valence-corrected chi connectivity index (χ0v) is 17.0. The number of Topliss-reactive ketones (excluding diaryl/α,β-unsaturated/α-hetero) is 1. The summed E-state index contributed by atoms with van der Waals surface area (Å²) in [4.78, 5) is 36.1. The highest BCUT2D eigenvalue weighted by Crippen LogP contribution is 2.30. The number of benzene rings is 3. The van der Waals surface area contributed by atoms with Crippen LogP contribution in [0.25, 0.3) is 21.7 Å². The Kier molecular flexibility index (Phi) is 5.80. The third-order valence-corrected chi connectivity index (χ3v) is 5.05. The highest BCUT2D eigenvalue weighted by atomic mass is 16.5. The molecule has 6 nitrogen and oxygen atoms in total. The smallest absolute Gasteiger partial charge is 0.310 e. The van der Waals surface area contributed by atoms with E-state index >= 15 is 0 Å². The van der Waals surface area contributed by atoms with E-state index in [0.717, 1.165) is 21.7 Å². The van der Waals surface area contributed by atoms with Gasteiger partial charge in [-0.2, -0.15) is 0 Å². The molecule has 0 aliphatic heterocycles. The van der Waals surface area contributed by atoms with Crippen molar-refractivity contribution in [3.8, 4) is 0 Å². The van der Waals surface area contributed by atoms with Crippen molar-refractivity contribution >= 4 is 45.1 Å². The standard InChI is InChI=1S/C25H21NO5/c1-2-23(28)26-19-10-7-17(8-11-19)21(27)15-31-24(29)13-18-14-30-22-12-9-16-5-3-4-6-20(16)25(18)22/h3-12,14H,2,13,15H2,1H3,(H,26,28). The topological polar surface area (TPSA) is 85.6 Å². The summed E-state index contributed by atoms with van der Waals surface area (Å²) in [5, 5.41) is 5.65. The molecule has 1 aromatic heterocycles. The first kappa shape index (κ1) is 20.3. The summed E-state index contributed by atoms with van der Waals surface area (Å²) in [7, 11) is 0. The molecule has 0 atom stereocenters. The maximum absolute atomic E-state index is 12.4.